The molecule has 0 radical (unpaired) electrons. The third-order valence-corrected chi connectivity index (χ3v) is 3.03. The Kier molecular flexibility index (Phi) is 5.12. The van der Waals surface area contributed by atoms with Crippen LogP contribution in [0, 0.1) is 6.92 Å². The molecule has 0 unspecified atom stereocenters. The van der Waals surface area contributed by atoms with E-state index < -0.39 is 0 Å². The van der Waals surface area contributed by atoms with E-state index in [1.165, 1.54) is 0 Å². The summed E-state index contributed by atoms with van der Waals surface area (Å²) in [7, 11) is 0. The van der Waals surface area contributed by atoms with E-state index in [0.29, 0.717) is 36.2 Å². The van der Waals surface area contributed by atoms with Crippen molar-refractivity contribution < 1.29 is 9.21 Å². The second-order valence-electron chi connectivity index (χ2n) is 4.44. The van der Waals surface area contributed by atoms with Crippen molar-refractivity contribution in [2.45, 2.75) is 26.2 Å². The van der Waals surface area contributed by atoms with Crippen LogP contribution in [-0.2, 0) is 17.6 Å². The molecule has 0 saturated carbocycles. The Bertz CT molecular complexity index is 566. The molecule has 1 aromatic carbocycles. The number of aryl methyl sites for hydroxylation is 2. The summed E-state index contributed by atoms with van der Waals surface area (Å²) < 4.78 is 5.20. The molecule has 0 fully saturated rings. The van der Waals surface area contributed by atoms with Gasteiger partial charge in [0, 0.05) is 31.3 Å². The molecule has 0 saturated heterocycles. The van der Waals surface area contributed by atoms with E-state index in [-0.39, 0.29) is 5.91 Å². The van der Waals surface area contributed by atoms with Crippen LogP contribution in [0.5, 0.6) is 0 Å². The maximum Gasteiger partial charge on any atom is 0.220 e. The van der Waals surface area contributed by atoms with Gasteiger partial charge in [-0.1, -0.05) is 23.7 Å². The minimum atomic E-state index is -0.0187. The molecule has 5 nitrogen and oxygen atoms in total. The lowest BCUT2D eigenvalue weighted by atomic mass is 10.1. The fourth-order valence-corrected chi connectivity index (χ4v) is 1.87. The summed E-state index contributed by atoms with van der Waals surface area (Å²) in [5.74, 6) is 0.994. The molecule has 1 N–H and O–H groups in total. The van der Waals surface area contributed by atoms with Gasteiger partial charge >= 0.3 is 0 Å². The summed E-state index contributed by atoms with van der Waals surface area (Å²) in [6.07, 6.45) is 1.60. The number of hydrogen-bond acceptors (Lipinski definition) is 4. The largest absolute Gasteiger partial charge is 0.426 e. The Morgan fingerprint density at radius 3 is 2.65 bits per heavy atom. The van der Waals surface area contributed by atoms with Crippen LogP contribution in [-0.4, -0.2) is 22.6 Å². The Morgan fingerprint density at radius 2 is 2.00 bits per heavy atom. The molecule has 1 aromatic heterocycles. The minimum absolute atomic E-state index is 0.0187. The third-order valence-electron chi connectivity index (χ3n) is 2.78. The average Bonchev–Trinajstić information content (AvgIpc) is 2.85. The first kappa shape index (κ1) is 14.5. The van der Waals surface area contributed by atoms with Gasteiger partial charge in [0.2, 0.25) is 17.7 Å². The zero-order valence-electron chi connectivity index (χ0n) is 11.2. The highest BCUT2D eigenvalue weighted by atomic mass is 35.5. The number of benzene rings is 1. The highest BCUT2D eigenvalue weighted by Gasteiger charge is 2.06. The summed E-state index contributed by atoms with van der Waals surface area (Å²) >= 11 is 5.81. The molecule has 0 bridgehead atoms. The molecule has 106 valence electrons. The van der Waals surface area contributed by atoms with Crippen molar-refractivity contribution in [2.75, 3.05) is 6.54 Å². The summed E-state index contributed by atoms with van der Waals surface area (Å²) in [5.41, 5.74) is 1.14. The van der Waals surface area contributed by atoms with E-state index in [1.807, 2.05) is 24.3 Å². The Morgan fingerprint density at radius 1 is 1.25 bits per heavy atom. The highest BCUT2D eigenvalue weighted by Crippen LogP contribution is 2.09. The summed E-state index contributed by atoms with van der Waals surface area (Å²) in [6, 6.07) is 7.60. The quantitative estimate of drug-likeness (QED) is 0.887. The van der Waals surface area contributed by atoms with Crippen molar-refractivity contribution in [3.05, 3.63) is 46.6 Å². The van der Waals surface area contributed by atoms with Crippen LogP contribution in [0.1, 0.15) is 23.8 Å². The van der Waals surface area contributed by atoms with E-state index in [1.54, 1.807) is 6.92 Å². The van der Waals surface area contributed by atoms with Crippen molar-refractivity contribution in [1.82, 2.24) is 15.5 Å². The van der Waals surface area contributed by atoms with Gasteiger partial charge in [-0.25, -0.2) is 0 Å². The molecule has 0 aliphatic heterocycles. The van der Waals surface area contributed by atoms with Gasteiger partial charge in [-0.3, -0.25) is 4.79 Å². The fourth-order valence-electron chi connectivity index (χ4n) is 1.74. The molecule has 0 atom stereocenters. The van der Waals surface area contributed by atoms with Crippen molar-refractivity contribution in [3.8, 4) is 0 Å². The van der Waals surface area contributed by atoms with Gasteiger partial charge in [0.25, 0.3) is 0 Å². The Balaban J connectivity index is 1.66. The number of carbonyl (C=O) groups is 1. The van der Waals surface area contributed by atoms with E-state index in [4.69, 9.17) is 16.0 Å². The second kappa shape index (κ2) is 7.05. The van der Waals surface area contributed by atoms with Crippen LogP contribution in [0.3, 0.4) is 0 Å². The normalized spacial score (nSPS) is 10.5. The predicted octanol–water partition coefficient (Wildman–Crippen LogP) is 2.32. The van der Waals surface area contributed by atoms with E-state index >= 15 is 0 Å². The van der Waals surface area contributed by atoms with E-state index in [2.05, 4.69) is 15.5 Å². The lowest BCUT2D eigenvalue weighted by Gasteiger charge is -2.04. The first-order valence-corrected chi connectivity index (χ1v) is 6.81. The number of amides is 1. The number of hydrogen-bond donors (Lipinski definition) is 1. The van der Waals surface area contributed by atoms with Gasteiger partial charge in [0.15, 0.2) is 0 Å². The van der Waals surface area contributed by atoms with Gasteiger partial charge in [0.05, 0.1) is 0 Å². The van der Waals surface area contributed by atoms with Crippen LogP contribution in [0.25, 0.3) is 0 Å². The molecule has 2 rings (SSSR count). The third kappa shape index (κ3) is 4.66. The summed E-state index contributed by atoms with van der Waals surface area (Å²) in [4.78, 5) is 11.6. The Labute approximate surface area is 122 Å². The number of aromatic nitrogens is 2. The maximum atomic E-state index is 11.6. The van der Waals surface area contributed by atoms with Crippen molar-refractivity contribution >= 4 is 17.5 Å². The molecular formula is C14H16ClN3O2. The first-order chi connectivity index (χ1) is 9.63. The molecule has 0 aliphatic carbocycles. The van der Waals surface area contributed by atoms with Crippen LogP contribution in [0.4, 0.5) is 0 Å². The van der Waals surface area contributed by atoms with Gasteiger partial charge in [0.1, 0.15) is 0 Å². The zero-order chi connectivity index (χ0) is 14.4. The van der Waals surface area contributed by atoms with Crippen LogP contribution >= 0.6 is 11.6 Å². The average molecular weight is 294 g/mol. The van der Waals surface area contributed by atoms with E-state index in [0.717, 1.165) is 12.0 Å². The first-order valence-electron chi connectivity index (χ1n) is 6.43. The predicted molar refractivity (Wildman–Crippen MR) is 75.5 cm³/mol. The number of nitrogens with zero attached hydrogens (tertiary/aromatic N) is 2. The molecule has 2 aromatic rings. The summed E-state index contributed by atoms with van der Waals surface area (Å²) in [6.45, 7) is 2.33. The summed E-state index contributed by atoms with van der Waals surface area (Å²) in [5, 5.41) is 11.1. The van der Waals surface area contributed by atoms with Crippen molar-refractivity contribution in [1.29, 1.82) is 0 Å². The van der Waals surface area contributed by atoms with Gasteiger partial charge in [-0.05, 0) is 24.1 Å². The van der Waals surface area contributed by atoms with Gasteiger partial charge in [-0.2, -0.15) is 0 Å². The van der Waals surface area contributed by atoms with E-state index in [9.17, 15) is 4.79 Å². The topological polar surface area (TPSA) is 68.0 Å². The molecular weight excluding hydrogens is 278 g/mol. The fraction of sp³-hybridized carbons (Fsp3) is 0.357. The monoisotopic (exact) mass is 293 g/mol. The van der Waals surface area contributed by atoms with Crippen LogP contribution in [0.15, 0.2) is 28.7 Å². The minimum Gasteiger partial charge on any atom is -0.426 e. The van der Waals surface area contributed by atoms with Crippen LogP contribution in [0.2, 0.25) is 5.02 Å². The maximum absolute atomic E-state index is 11.6. The number of rotatable bonds is 6. The van der Waals surface area contributed by atoms with Gasteiger partial charge in [-0.15, -0.1) is 10.2 Å². The molecule has 6 heteroatoms. The standard InChI is InChI=1S/C14H16ClN3O2/c1-10-17-18-14(20-10)7-6-13(19)16-9-8-11-2-4-12(15)5-3-11/h2-5H,6-9H2,1H3,(H,16,19). The number of nitrogens with one attached hydrogen (secondary N) is 1. The lowest BCUT2D eigenvalue weighted by Crippen LogP contribution is -2.25. The lowest BCUT2D eigenvalue weighted by molar-refractivity contribution is -0.121. The molecule has 0 aliphatic rings. The smallest absolute Gasteiger partial charge is 0.220 e. The number of carbonyl (C=O) groups excluding carboxylic acids is 1. The molecule has 1 amide bonds. The zero-order valence-corrected chi connectivity index (χ0v) is 12.0. The van der Waals surface area contributed by atoms with Crippen LogP contribution < -0.4 is 5.32 Å². The van der Waals surface area contributed by atoms with Gasteiger partial charge < -0.3 is 9.73 Å². The second-order valence-corrected chi connectivity index (χ2v) is 4.88. The van der Waals surface area contributed by atoms with Crippen molar-refractivity contribution in [3.63, 3.8) is 0 Å². The molecule has 1 heterocycles. The molecule has 0 spiro atoms. The SMILES string of the molecule is Cc1nnc(CCC(=O)NCCc2ccc(Cl)cc2)o1. The molecule has 20 heavy (non-hydrogen) atoms. The highest BCUT2D eigenvalue weighted by molar-refractivity contribution is 6.30. The number of halogens is 1. The van der Waals surface area contributed by atoms with Crippen molar-refractivity contribution in [2.24, 2.45) is 0 Å². The Hall–Kier alpha value is -1.88.